The van der Waals surface area contributed by atoms with Gasteiger partial charge < -0.3 is 0 Å². The van der Waals surface area contributed by atoms with Crippen LogP contribution in [0.1, 0.15) is 0 Å². The summed E-state index contributed by atoms with van der Waals surface area (Å²) in [6.07, 6.45) is 0. The molecule has 0 unspecified atom stereocenters. The van der Waals surface area contributed by atoms with Gasteiger partial charge in [-0.15, -0.1) is 0 Å². The fourth-order valence-electron chi connectivity index (χ4n) is 15.5. The topological polar surface area (TPSA) is 0 Å². The van der Waals surface area contributed by atoms with Crippen molar-refractivity contribution < 1.29 is 0 Å². The molecule has 0 N–H and O–H groups in total. The van der Waals surface area contributed by atoms with Gasteiger partial charge in [0.15, 0.2) is 0 Å². The van der Waals surface area contributed by atoms with Gasteiger partial charge in [0, 0.05) is 92.2 Å². The maximum absolute atomic E-state index is 2.55. The Bertz CT molecular complexity index is 5430. The molecule has 0 amide bonds. The van der Waals surface area contributed by atoms with E-state index in [9.17, 15) is 0 Å². The van der Waals surface area contributed by atoms with E-state index in [-0.39, 0.29) is 0 Å². The van der Waals surface area contributed by atoms with E-state index in [2.05, 4.69) is 115 Å². The molecule has 0 saturated carbocycles. The molecule has 0 heteroatoms. The molecule has 59 heavy (non-hydrogen) atoms. The molecule has 254 valence electrons. The first kappa shape index (κ1) is 25.6. The number of hydrogen-bond acceptors (Lipinski definition) is 0. The molecular formula is C59H19+. The van der Waals surface area contributed by atoms with Crippen LogP contribution in [0.25, 0.3) is 215 Å². The summed E-state index contributed by atoms with van der Waals surface area (Å²) < 4.78 is 0. The van der Waals surface area contributed by atoms with Gasteiger partial charge in [-0.25, -0.2) is 0 Å². The number of rotatable bonds is 0. The van der Waals surface area contributed by atoms with Crippen molar-refractivity contribution in [2.24, 2.45) is 0 Å². The van der Waals surface area contributed by atoms with Gasteiger partial charge in [-0.1, -0.05) is 60.7 Å². The molecule has 0 atom stereocenters. The summed E-state index contributed by atoms with van der Waals surface area (Å²) in [5.41, 5.74) is 0. The molecular weight excluding hydrogens is 709 g/mol. The molecule has 0 fully saturated rings. The van der Waals surface area contributed by atoms with Crippen molar-refractivity contribution in [1.82, 2.24) is 0 Å². The van der Waals surface area contributed by atoms with Gasteiger partial charge in [-0.2, -0.15) is 0 Å². The zero-order chi connectivity index (χ0) is 36.5. The fourth-order valence-corrected chi connectivity index (χ4v) is 15.5. The largest absolute Gasteiger partial charge is 0.0722 e. The third-order valence-electron chi connectivity index (χ3n) is 17.1. The Kier molecular flexibility index (Phi) is 3.08. The molecule has 21 aromatic carbocycles. The maximum atomic E-state index is 2.55. The normalized spacial score (nSPS) is 14.8. The predicted molar refractivity (Wildman–Crippen MR) is 258 cm³/mol. The molecule has 21 rings (SSSR count). The first-order valence-electron chi connectivity index (χ1n) is 21.3. The molecule has 0 nitrogen and oxygen atoms in total. The summed E-state index contributed by atoms with van der Waals surface area (Å²) in [5, 5.41) is 57.8. The lowest BCUT2D eigenvalue weighted by molar-refractivity contribution is 1.86. The molecule has 0 aliphatic heterocycles. The lowest BCUT2D eigenvalue weighted by Crippen LogP contribution is -2.02. The molecule has 0 bridgehead atoms. The Morgan fingerprint density at radius 1 is 0.153 bits per heavy atom. The molecule has 0 spiro atoms. The molecule has 21 aromatic rings. The average molecular weight is 728 g/mol. The summed E-state index contributed by atoms with van der Waals surface area (Å²) in [6, 6.07) is 46.9. The van der Waals surface area contributed by atoms with Crippen molar-refractivity contribution in [1.29, 1.82) is 0 Å². The van der Waals surface area contributed by atoms with E-state index in [1.54, 1.807) is 0 Å². The Hall–Kier alpha value is -7.67. The van der Waals surface area contributed by atoms with Crippen molar-refractivity contribution >= 4 is 215 Å². The maximum Gasteiger partial charge on any atom is 0.0722 e. The quantitative estimate of drug-likeness (QED) is 0.0829. The molecule has 0 aliphatic rings. The van der Waals surface area contributed by atoms with Crippen LogP contribution in [0.4, 0.5) is 0 Å². The summed E-state index contributed by atoms with van der Waals surface area (Å²) in [6.45, 7) is 0. The van der Waals surface area contributed by atoms with Crippen LogP contribution in [0.3, 0.4) is 0 Å². The van der Waals surface area contributed by atoms with Gasteiger partial charge in [0.2, 0.25) is 0 Å². The highest BCUT2D eigenvalue weighted by atomic mass is 14.4. The SMILES string of the molecule is c1cc2cc3ccc4cc5ccc6cc7ccc8cc9cc%10ccc%11ccc%12cc%13cc1c1c2c2c3c4c3c5c4c6c7c8[c+]5c9c6c%10c%11c7c%12c%13c1c1c2c3c(c6c71)c45. The lowest BCUT2D eigenvalue weighted by Gasteiger charge is -2.29. The van der Waals surface area contributed by atoms with E-state index in [1.165, 1.54) is 215 Å². The van der Waals surface area contributed by atoms with Gasteiger partial charge in [-0.3, -0.25) is 0 Å². The molecule has 0 aromatic heterocycles. The molecule has 0 radical (unpaired) electrons. The van der Waals surface area contributed by atoms with E-state index in [0.29, 0.717) is 0 Å². The second-order valence-corrected chi connectivity index (χ2v) is 19.1. The van der Waals surface area contributed by atoms with Crippen LogP contribution in [0, 0.1) is 0 Å². The second kappa shape index (κ2) is 7.10. The predicted octanol–water partition coefficient (Wildman–Crippen LogP) is 17.2. The van der Waals surface area contributed by atoms with E-state index in [1.807, 2.05) is 0 Å². The van der Waals surface area contributed by atoms with Crippen LogP contribution < -0.4 is 0 Å². The Morgan fingerprint density at radius 2 is 0.390 bits per heavy atom. The second-order valence-electron chi connectivity index (χ2n) is 19.1. The van der Waals surface area contributed by atoms with Crippen LogP contribution in [0.15, 0.2) is 115 Å². The van der Waals surface area contributed by atoms with Gasteiger partial charge in [0.1, 0.15) is 0 Å². The van der Waals surface area contributed by atoms with Crippen molar-refractivity contribution in [3.8, 4) is 0 Å². The zero-order valence-electron chi connectivity index (χ0n) is 31.0. The number of hydrogen-bond donors (Lipinski definition) is 0. The van der Waals surface area contributed by atoms with Gasteiger partial charge in [0.05, 0.1) is 37.7 Å². The highest BCUT2D eigenvalue weighted by Crippen LogP contribution is 2.66. The minimum Gasteiger partial charge on any atom is -0.0537 e. The molecule has 0 aliphatic carbocycles. The minimum atomic E-state index is 1.35. The first-order chi connectivity index (χ1) is 29.3. The van der Waals surface area contributed by atoms with Crippen LogP contribution in [0.5, 0.6) is 0 Å². The van der Waals surface area contributed by atoms with Crippen molar-refractivity contribution in [2.45, 2.75) is 0 Å². The first-order valence-corrected chi connectivity index (χ1v) is 21.3. The van der Waals surface area contributed by atoms with Crippen molar-refractivity contribution in [3.05, 3.63) is 115 Å². The monoisotopic (exact) mass is 727 g/mol. The zero-order valence-corrected chi connectivity index (χ0v) is 31.0. The van der Waals surface area contributed by atoms with E-state index in [4.69, 9.17) is 0 Å². The summed E-state index contributed by atoms with van der Waals surface area (Å²) >= 11 is 0. The standard InChI is InChI=1S/C59H19/c1-3-27-18-32-19-29-11-5-21-13-22-8-10-26-15-25-7-6-23-14-24-9-12-30-17-31-16-28-4-2-20(1)33-35(27)51-45(32)52-37(29)34(21)36(22)48-43(26)49-40(25)38(23)47-39(24)41(30)50-44(31)42(28)46(33)54-57(50)55(47)56(49)59(53(48)52)58(51)54/h1-19H/q+1. The van der Waals surface area contributed by atoms with E-state index >= 15 is 0 Å². The van der Waals surface area contributed by atoms with Gasteiger partial charge >= 0.3 is 0 Å². The van der Waals surface area contributed by atoms with Crippen molar-refractivity contribution in [3.63, 3.8) is 0 Å². The smallest absolute Gasteiger partial charge is 0.0537 e. The highest BCUT2D eigenvalue weighted by Gasteiger charge is 2.39. The van der Waals surface area contributed by atoms with E-state index < -0.39 is 0 Å². The summed E-state index contributed by atoms with van der Waals surface area (Å²) in [7, 11) is 0. The van der Waals surface area contributed by atoms with Crippen LogP contribution in [-0.2, 0) is 0 Å². The van der Waals surface area contributed by atoms with Crippen molar-refractivity contribution in [2.75, 3.05) is 0 Å². The third-order valence-corrected chi connectivity index (χ3v) is 17.1. The summed E-state index contributed by atoms with van der Waals surface area (Å²) in [4.78, 5) is 0. The fraction of sp³-hybridized carbons (Fsp3) is 0. The average Bonchev–Trinajstić information content (AvgIpc) is 3.72. The van der Waals surface area contributed by atoms with Crippen LogP contribution in [-0.4, -0.2) is 0 Å². The minimum absolute atomic E-state index is 1.35. The van der Waals surface area contributed by atoms with Crippen LogP contribution in [0.2, 0.25) is 0 Å². The lowest BCUT2D eigenvalue weighted by atomic mass is 9.70. The van der Waals surface area contributed by atoms with Crippen LogP contribution >= 0.6 is 0 Å². The van der Waals surface area contributed by atoms with Gasteiger partial charge in [0.25, 0.3) is 0 Å². The Labute approximate surface area is 329 Å². The van der Waals surface area contributed by atoms with Gasteiger partial charge in [-0.05, 0) is 140 Å². The Morgan fingerprint density at radius 3 is 0.915 bits per heavy atom. The highest BCUT2D eigenvalue weighted by molar-refractivity contribution is 6.68. The Balaban J connectivity index is 1.34. The number of benzene rings is 17. The summed E-state index contributed by atoms with van der Waals surface area (Å²) in [5.74, 6) is 0. The van der Waals surface area contributed by atoms with E-state index in [0.717, 1.165) is 0 Å². The third kappa shape index (κ3) is 2.07. The molecule has 0 saturated heterocycles. The molecule has 0 heterocycles.